The van der Waals surface area contributed by atoms with Crippen molar-refractivity contribution in [1.29, 1.82) is 0 Å². The number of hydrogen-bond acceptors (Lipinski definition) is 3. The van der Waals surface area contributed by atoms with Gasteiger partial charge in [-0.05, 0) is 25.2 Å². The lowest BCUT2D eigenvalue weighted by Crippen LogP contribution is -2.52. The summed E-state index contributed by atoms with van der Waals surface area (Å²) in [4.78, 5) is 14.2. The summed E-state index contributed by atoms with van der Waals surface area (Å²) in [6.45, 7) is 11.8. The summed E-state index contributed by atoms with van der Waals surface area (Å²) in [6.07, 6.45) is 3.01. The van der Waals surface area contributed by atoms with Crippen LogP contribution in [0.2, 0.25) is 0 Å². The minimum atomic E-state index is 0.0188. The molecule has 1 heterocycles. The summed E-state index contributed by atoms with van der Waals surface area (Å²) >= 11 is 0. The Balaban J connectivity index is 2.23. The molecule has 4 nitrogen and oxygen atoms in total. The summed E-state index contributed by atoms with van der Waals surface area (Å²) < 4.78 is 5.56. The molecule has 1 atom stereocenters. The number of likely N-dealkylation sites (tertiary alicyclic amines) is 1. The van der Waals surface area contributed by atoms with Crippen molar-refractivity contribution in [3.63, 3.8) is 0 Å². The van der Waals surface area contributed by atoms with Crippen LogP contribution in [0.15, 0.2) is 0 Å². The first-order chi connectivity index (χ1) is 9.00. The zero-order chi connectivity index (χ0) is 14.3. The minimum absolute atomic E-state index is 0.0188. The Kier molecular flexibility index (Phi) is 7.39. The van der Waals surface area contributed by atoms with Crippen molar-refractivity contribution >= 4 is 5.91 Å². The first kappa shape index (κ1) is 16.4. The monoisotopic (exact) mass is 270 g/mol. The van der Waals surface area contributed by atoms with E-state index in [0.29, 0.717) is 12.0 Å². The number of amides is 1. The normalized spacial score (nSPS) is 20.6. The van der Waals surface area contributed by atoms with E-state index in [4.69, 9.17) is 4.74 Å². The maximum atomic E-state index is 12.3. The van der Waals surface area contributed by atoms with E-state index in [1.54, 1.807) is 0 Å². The number of nitrogens with one attached hydrogen (secondary N) is 1. The average Bonchev–Trinajstić information content (AvgIpc) is 2.32. The fourth-order valence-corrected chi connectivity index (χ4v) is 2.40. The van der Waals surface area contributed by atoms with Gasteiger partial charge in [-0.15, -0.1) is 0 Å². The molecule has 0 aliphatic carbocycles. The molecule has 1 fully saturated rings. The zero-order valence-corrected chi connectivity index (χ0v) is 12.9. The maximum absolute atomic E-state index is 12.3. The third-order valence-corrected chi connectivity index (χ3v) is 3.23. The van der Waals surface area contributed by atoms with Crippen LogP contribution in [0.1, 0.15) is 47.0 Å². The van der Waals surface area contributed by atoms with Crippen molar-refractivity contribution in [1.82, 2.24) is 10.2 Å². The molecule has 112 valence electrons. The highest BCUT2D eigenvalue weighted by Crippen LogP contribution is 2.12. The van der Waals surface area contributed by atoms with E-state index < -0.39 is 0 Å². The SMILES string of the molecule is CC(C)COCCCN1CCCC(NC(C)C)C1=O. The third kappa shape index (κ3) is 6.39. The van der Waals surface area contributed by atoms with E-state index in [0.717, 1.165) is 45.6 Å². The number of hydrogen-bond donors (Lipinski definition) is 1. The molecule has 0 aromatic heterocycles. The molecule has 1 unspecified atom stereocenters. The van der Waals surface area contributed by atoms with Gasteiger partial charge in [0.15, 0.2) is 0 Å². The van der Waals surface area contributed by atoms with Crippen LogP contribution in [-0.2, 0) is 9.53 Å². The molecule has 1 rings (SSSR count). The van der Waals surface area contributed by atoms with Crippen LogP contribution in [0, 0.1) is 5.92 Å². The van der Waals surface area contributed by atoms with Crippen molar-refractivity contribution in [3.05, 3.63) is 0 Å². The molecule has 1 amide bonds. The molecule has 19 heavy (non-hydrogen) atoms. The van der Waals surface area contributed by atoms with Gasteiger partial charge in [-0.3, -0.25) is 4.79 Å². The lowest BCUT2D eigenvalue weighted by atomic mass is 10.0. The molecule has 0 spiro atoms. The molecule has 1 aliphatic heterocycles. The second-order valence-electron chi connectivity index (χ2n) is 6.16. The van der Waals surface area contributed by atoms with Gasteiger partial charge in [-0.25, -0.2) is 0 Å². The van der Waals surface area contributed by atoms with Crippen molar-refractivity contribution in [3.8, 4) is 0 Å². The number of carbonyl (C=O) groups is 1. The van der Waals surface area contributed by atoms with E-state index in [1.165, 1.54) is 0 Å². The molecule has 4 heteroatoms. The van der Waals surface area contributed by atoms with Crippen LogP contribution in [0.4, 0.5) is 0 Å². The molecular formula is C15H30N2O2. The Morgan fingerprint density at radius 2 is 2.11 bits per heavy atom. The van der Waals surface area contributed by atoms with E-state index >= 15 is 0 Å². The van der Waals surface area contributed by atoms with Crippen molar-refractivity contribution in [2.75, 3.05) is 26.3 Å². The summed E-state index contributed by atoms with van der Waals surface area (Å²) in [5.74, 6) is 0.847. The molecule has 1 N–H and O–H groups in total. The van der Waals surface area contributed by atoms with Crippen LogP contribution in [-0.4, -0.2) is 49.2 Å². The zero-order valence-electron chi connectivity index (χ0n) is 12.9. The van der Waals surface area contributed by atoms with Gasteiger partial charge < -0.3 is 15.0 Å². The van der Waals surface area contributed by atoms with E-state index in [1.807, 2.05) is 4.90 Å². The van der Waals surface area contributed by atoms with Gasteiger partial charge in [0.2, 0.25) is 5.91 Å². The predicted octanol–water partition coefficient (Wildman–Crippen LogP) is 2.04. The van der Waals surface area contributed by atoms with Crippen LogP contribution >= 0.6 is 0 Å². The lowest BCUT2D eigenvalue weighted by Gasteiger charge is -2.33. The van der Waals surface area contributed by atoms with Crippen molar-refractivity contribution in [2.45, 2.75) is 59.0 Å². The molecule has 1 aliphatic rings. The van der Waals surface area contributed by atoms with Gasteiger partial charge >= 0.3 is 0 Å². The van der Waals surface area contributed by atoms with Crippen LogP contribution in [0.25, 0.3) is 0 Å². The lowest BCUT2D eigenvalue weighted by molar-refractivity contribution is -0.136. The van der Waals surface area contributed by atoms with Gasteiger partial charge in [0.25, 0.3) is 0 Å². The highest BCUT2D eigenvalue weighted by molar-refractivity contribution is 5.82. The largest absolute Gasteiger partial charge is 0.381 e. The molecule has 0 radical (unpaired) electrons. The Morgan fingerprint density at radius 1 is 1.37 bits per heavy atom. The number of piperidine rings is 1. The molecule has 1 saturated heterocycles. The van der Waals surface area contributed by atoms with Gasteiger partial charge in [-0.2, -0.15) is 0 Å². The first-order valence-electron chi connectivity index (χ1n) is 7.63. The van der Waals surface area contributed by atoms with E-state index in [9.17, 15) is 4.79 Å². The number of carbonyl (C=O) groups excluding carboxylic acids is 1. The maximum Gasteiger partial charge on any atom is 0.239 e. The Labute approximate surface area is 117 Å². The van der Waals surface area contributed by atoms with Crippen molar-refractivity contribution < 1.29 is 9.53 Å². The predicted molar refractivity (Wildman–Crippen MR) is 78.1 cm³/mol. The molecule has 0 saturated carbocycles. The van der Waals surface area contributed by atoms with Gasteiger partial charge in [0.1, 0.15) is 0 Å². The standard InChI is InChI=1S/C15H30N2O2/c1-12(2)11-19-10-6-9-17-8-5-7-14(15(17)18)16-13(3)4/h12-14,16H,5-11H2,1-4H3. The summed E-state index contributed by atoms with van der Waals surface area (Å²) in [6, 6.07) is 0.383. The highest BCUT2D eigenvalue weighted by atomic mass is 16.5. The number of rotatable bonds is 8. The third-order valence-electron chi connectivity index (χ3n) is 3.23. The molecular weight excluding hydrogens is 240 g/mol. The summed E-state index contributed by atoms with van der Waals surface area (Å²) in [5, 5.41) is 3.36. The van der Waals surface area contributed by atoms with E-state index in [-0.39, 0.29) is 11.9 Å². The van der Waals surface area contributed by atoms with Gasteiger partial charge in [-0.1, -0.05) is 27.7 Å². The van der Waals surface area contributed by atoms with Crippen molar-refractivity contribution in [2.24, 2.45) is 5.92 Å². The van der Waals surface area contributed by atoms with Gasteiger partial charge in [0.05, 0.1) is 6.04 Å². The highest BCUT2D eigenvalue weighted by Gasteiger charge is 2.28. The topological polar surface area (TPSA) is 41.6 Å². The van der Waals surface area contributed by atoms with Crippen LogP contribution in [0.3, 0.4) is 0 Å². The van der Waals surface area contributed by atoms with E-state index in [2.05, 4.69) is 33.0 Å². The van der Waals surface area contributed by atoms with Crippen LogP contribution < -0.4 is 5.32 Å². The fourth-order valence-electron chi connectivity index (χ4n) is 2.40. The second kappa shape index (κ2) is 8.54. The molecule has 0 bridgehead atoms. The average molecular weight is 270 g/mol. The van der Waals surface area contributed by atoms with Gasteiger partial charge in [0, 0.05) is 32.3 Å². The molecule has 0 aromatic rings. The Hall–Kier alpha value is -0.610. The summed E-state index contributed by atoms with van der Waals surface area (Å²) in [5.41, 5.74) is 0. The minimum Gasteiger partial charge on any atom is -0.381 e. The fraction of sp³-hybridized carbons (Fsp3) is 0.933. The Morgan fingerprint density at radius 3 is 2.74 bits per heavy atom. The Bertz CT molecular complexity index is 267. The second-order valence-corrected chi connectivity index (χ2v) is 6.16. The number of ether oxygens (including phenoxy) is 1. The first-order valence-corrected chi connectivity index (χ1v) is 7.63. The number of nitrogens with zero attached hydrogens (tertiary/aromatic N) is 1. The quantitative estimate of drug-likeness (QED) is 0.686. The molecule has 0 aromatic carbocycles. The van der Waals surface area contributed by atoms with Crippen LogP contribution in [0.5, 0.6) is 0 Å². The smallest absolute Gasteiger partial charge is 0.239 e. The summed E-state index contributed by atoms with van der Waals surface area (Å²) in [7, 11) is 0.